The number of nitrogens with two attached hydrogens (primary N) is 1. The van der Waals surface area contributed by atoms with E-state index in [-0.39, 0.29) is 0 Å². The molecule has 1 fully saturated rings. The Bertz CT molecular complexity index is 811. The first-order valence-corrected chi connectivity index (χ1v) is 7.93. The molecule has 4 heteroatoms. The predicted octanol–water partition coefficient (Wildman–Crippen LogP) is 3.94. The van der Waals surface area contributed by atoms with Gasteiger partial charge in [0, 0.05) is 23.9 Å². The molecule has 2 aromatic heterocycles. The molecule has 4 nitrogen and oxygen atoms in total. The molecule has 0 unspecified atom stereocenters. The summed E-state index contributed by atoms with van der Waals surface area (Å²) in [6.45, 7) is 2.09. The largest absolute Gasteiger partial charge is 0.382 e. The molecular weight excluding hydrogens is 272 g/mol. The highest BCUT2D eigenvalue weighted by atomic mass is 15.1. The zero-order valence-electron chi connectivity index (χ0n) is 12.8. The van der Waals surface area contributed by atoms with Gasteiger partial charge in [-0.2, -0.15) is 0 Å². The quantitative estimate of drug-likeness (QED) is 0.778. The van der Waals surface area contributed by atoms with E-state index in [0.29, 0.717) is 11.7 Å². The molecule has 1 aromatic carbocycles. The zero-order chi connectivity index (χ0) is 15.1. The van der Waals surface area contributed by atoms with E-state index < -0.39 is 0 Å². The van der Waals surface area contributed by atoms with Gasteiger partial charge in [-0.15, -0.1) is 0 Å². The van der Waals surface area contributed by atoms with Gasteiger partial charge in [0.15, 0.2) is 0 Å². The smallest absolute Gasteiger partial charge is 0.150 e. The molecule has 3 aromatic rings. The van der Waals surface area contributed by atoms with E-state index in [9.17, 15) is 0 Å². The summed E-state index contributed by atoms with van der Waals surface area (Å²) in [4.78, 5) is 9.24. The van der Waals surface area contributed by atoms with Crippen LogP contribution in [0.3, 0.4) is 0 Å². The van der Waals surface area contributed by atoms with Crippen LogP contribution >= 0.6 is 0 Å². The van der Waals surface area contributed by atoms with Gasteiger partial charge in [-0.25, -0.2) is 9.97 Å². The van der Waals surface area contributed by atoms with Gasteiger partial charge in [0.1, 0.15) is 22.9 Å². The maximum atomic E-state index is 6.16. The lowest BCUT2D eigenvalue weighted by Gasteiger charge is -2.07. The fourth-order valence-corrected chi connectivity index (χ4v) is 3.47. The molecule has 0 radical (unpaired) electrons. The number of benzene rings is 1. The lowest BCUT2D eigenvalue weighted by Crippen LogP contribution is -2.01. The second kappa shape index (κ2) is 5.13. The molecule has 1 saturated carbocycles. The highest BCUT2D eigenvalue weighted by Crippen LogP contribution is 2.37. The van der Waals surface area contributed by atoms with E-state index in [1.807, 2.05) is 6.20 Å². The first-order chi connectivity index (χ1) is 10.7. The summed E-state index contributed by atoms with van der Waals surface area (Å²) in [5.41, 5.74) is 10.4. The maximum Gasteiger partial charge on any atom is 0.150 e. The third-order valence-corrected chi connectivity index (χ3v) is 4.66. The number of imidazole rings is 1. The summed E-state index contributed by atoms with van der Waals surface area (Å²) in [5.74, 6) is 2.22. The molecule has 0 aliphatic heterocycles. The molecular formula is C18H20N4. The second-order valence-corrected chi connectivity index (χ2v) is 6.20. The Morgan fingerprint density at radius 2 is 1.86 bits per heavy atom. The number of hydrogen-bond acceptors (Lipinski definition) is 3. The molecule has 2 heterocycles. The Balaban J connectivity index is 1.95. The Kier molecular flexibility index (Phi) is 3.10. The van der Waals surface area contributed by atoms with Gasteiger partial charge in [0.25, 0.3) is 0 Å². The third kappa shape index (κ3) is 2.06. The molecule has 22 heavy (non-hydrogen) atoms. The molecule has 112 valence electrons. The molecule has 1 aliphatic rings. The van der Waals surface area contributed by atoms with Crippen molar-refractivity contribution >= 4 is 11.3 Å². The summed E-state index contributed by atoms with van der Waals surface area (Å²) < 4.78 is 2.15. The minimum absolute atomic E-state index is 0.536. The van der Waals surface area contributed by atoms with Crippen LogP contribution in [0.4, 0.5) is 5.82 Å². The number of nitrogen functional groups attached to an aromatic ring is 1. The first kappa shape index (κ1) is 13.3. The van der Waals surface area contributed by atoms with E-state index in [0.717, 1.165) is 22.6 Å². The van der Waals surface area contributed by atoms with E-state index in [2.05, 4.69) is 40.6 Å². The van der Waals surface area contributed by atoms with Crippen molar-refractivity contribution in [2.24, 2.45) is 0 Å². The molecule has 0 atom stereocenters. The Morgan fingerprint density at radius 3 is 2.59 bits per heavy atom. The highest BCUT2D eigenvalue weighted by molar-refractivity contribution is 5.85. The van der Waals surface area contributed by atoms with Crippen molar-refractivity contribution in [1.29, 1.82) is 0 Å². The van der Waals surface area contributed by atoms with Gasteiger partial charge in [-0.05, 0) is 19.8 Å². The van der Waals surface area contributed by atoms with Crippen LogP contribution in [-0.4, -0.2) is 14.4 Å². The number of aromatic nitrogens is 3. The molecule has 0 amide bonds. The van der Waals surface area contributed by atoms with Gasteiger partial charge in [-0.3, -0.25) is 4.40 Å². The fourth-order valence-electron chi connectivity index (χ4n) is 3.47. The van der Waals surface area contributed by atoms with Crippen molar-refractivity contribution in [3.8, 4) is 11.3 Å². The lowest BCUT2D eigenvalue weighted by atomic mass is 10.1. The van der Waals surface area contributed by atoms with E-state index in [1.165, 1.54) is 31.2 Å². The summed E-state index contributed by atoms with van der Waals surface area (Å²) in [7, 11) is 0. The summed E-state index contributed by atoms with van der Waals surface area (Å²) in [6, 6.07) is 8.45. The maximum absolute atomic E-state index is 6.16. The molecule has 1 aliphatic carbocycles. The Labute approximate surface area is 130 Å². The number of fused-ring (bicyclic) bond motifs is 1. The summed E-state index contributed by atoms with van der Waals surface area (Å²) in [5, 5.41) is 0. The van der Waals surface area contributed by atoms with Gasteiger partial charge in [0.05, 0.1) is 0 Å². The van der Waals surface area contributed by atoms with Crippen molar-refractivity contribution in [2.45, 2.75) is 38.5 Å². The topological polar surface area (TPSA) is 56.2 Å². The minimum Gasteiger partial charge on any atom is -0.382 e. The Morgan fingerprint density at radius 1 is 1.14 bits per heavy atom. The summed E-state index contributed by atoms with van der Waals surface area (Å²) >= 11 is 0. The van der Waals surface area contributed by atoms with Crippen molar-refractivity contribution in [3.63, 3.8) is 0 Å². The number of nitrogens with zero attached hydrogens (tertiary/aromatic N) is 3. The lowest BCUT2D eigenvalue weighted by molar-refractivity contribution is 0.665. The van der Waals surface area contributed by atoms with Gasteiger partial charge in [-0.1, -0.05) is 42.7 Å². The summed E-state index contributed by atoms with van der Waals surface area (Å²) in [6.07, 6.45) is 8.77. The van der Waals surface area contributed by atoms with E-state index in [1.54, 1.807) is 6.20 Å². The van der Waals surface area contributed by atoms with Gasteiger partial charge in [0.2, 0.25) is 0 Å². The predicted molar refractivity (Wildman–Crippen MR) is 88.8 cm³/mol. The van der Waals surface area contributed by atoms with E-state index >= 15 is 0 Å². The fraction of sp³-hybridized carbons (Fsp3) is 0.333. The number of hydrogen-bond donors (Lipinski definition) is 1. The van der Waals surface area contributed by atoms with Gasteiger partial charge < -0.3 is 5.73 Å². The average molecular weight is 292 g/mol. The number of aryl methyl sites for hydroxylation is 1. The second-order valence-electron chi connectivity index (χ2n) is 6.20. The van der Waals surface area contributed by atoms with Crippen LogP contribution < -0.4 is 5.73 Å². The van der Waals surface area contributed by atoms with Crippen LogP contribution in [0.2, 0.25) is 0 Å². The van der Waals surface area contributed by atoms with Crippen LogP contribution in [0.25, 0.3) is 16.8 Å². The molecule has 0 bridgehead atoms. The van der Waals surface area contributed by atoms with Crippen LogP contribution in [0, 0.1) is 6.92 Å². The molecule has 0 spiro atoms. The molecule has 2 N–H and O–H groups in total. The monoisotopic (exact) mass is 292 g/mol. The standard InChI is InChI=1S/C18H20N4/c1-12-6-8-13(9-7-12)15-16-17(19)20-10-11-22(16)18(21-15)14-4-2-3-5-14/h6-11,14H,2-5H2,1H3,(H2,19,20). The Hall–Kier alpha value is -2.36. The number of anilines is 1. The normalized spacial score (nSPS) is 15.7. The van der Waals surface area contributed by atoms with Crippen molar-refractivity contribution in [1.82, 2.24) is 14.4 Å². The number of rotatable bonds is 2. The van der Waals surface area contributed by atoms with Crippen LogP contribution in [0.5, 0.6) is 0 Å². The van der Waals surface area contributed by atoms with Crippen LogP contribution in [0.1, 0.15) is 43.0 Å². The molecule has 4 rings (SSSR count). The minimum atomic E-state index is 0.536. The first-order valence-electron chi connectivity index (χ1n) is 7.93. The molecule has 0 saturated heterocycles. The van der Waals surface area contributed by atoms with Crippen LogP contribution in [-0.2, 0) is 0 Å². The average Bonchev–Trinajstić information content (AvgIpc) is 3.15. The van der Waals surface area contributed by atoms with Crippen molar-refractivity contribution in [2.75, 3.05) is 5.73 Å². The van der Waals surface area contributed by atoms with Crippen molar-refractivity contribution in [3.05, 3.63) is 48.0 Å². The third-order valence-electron chi connectivity index (χ3n) is 4.66. The van der Waals surface area contributed by atoms with Crippen molar-refractivity contribution < 1.29 is 0 Å². The van der Waals surface area contributed by atoms with Crippen LogP contribution in [0.15, 0.2) is 36.7 Å². The van der Waals surface area contributed by atoms with E-state index in [4.69, 9.17) is 10.7 Å². The highest BCUT2D eigenvalue weighted by Gasteiger charge is 2.24. The zero-order valence-corrected chi connectivity index (χ0v) is 12.8. The SMILES string of the molecule is Cc1ccc(-c2nc(C3CCCC3)n3ccnc(N)c23)cc1. The van der Waals surface area contributed by atoms with Gasteiger partial charge >= 0.3 is 0 Å².